The lowest BCUT2D eigenvalue weighted by Crippen LogP contribution is -2.35. The molecule has 2 rings (SSSR count). The summed E-state index contributed by atoms with van der Waals surface area (Å²) in [5.74, 6) is 0.254. The quantitative estimate of drug-likeness (QED) is 0.790. The number of halogens is 1. The first-order valence-corrected chi connectivity index (χ1v) is 8.01. The Morgan fingerprint density at radius 3 is 2.94 bits per heavy atom. The second kappa shape index (κ2) is 6.11. The van der Waals surface area contributed by atoms with Crippen molar-refractivity contribution in [3.63, 3.8) is 0 Å². The van der Waals surface area contributed by atoms with Gasteiger partial charge in [0.05, 0.1) is 5.25 Å². The van der Waals surface area contributed by atoms with E-state index in [1.807, 2.05) is 24.1 Å². The summed E-state index contributed by atoms with van der Waals surface area (Å²) in [6.07, 6.45) is 1.86. The van der Waals surface area contributed by atoms with Crippen molar-refractivity contribution in [1.82, 2.24) is 4.90 Å². The van der Waals surface area contributed by atoms with Crippen LogP contribution in [0.1, 0.15) is 18.9 Å². The lowest BCUT2D eigenvalue weighted by molar-refractivity contribution is -0.129. The van der Waals surface area contributed by atoms with E-state index in [9.17, 15) is 4.79 Å². The zero-order chi connectivity index (χ0) is 13.1. The molecule has 0 fully saturated rings. The minimum absolute atomic E-state index is 0.0676. The highest BCUT2D eigenvalue weighted by molar-refractivity contribution is 9.09. The van der Waals surface area contributed by atoms with Gasteiger partial charge in [0.2, 0.25) is 5.91 Å². The molecular formula is C14H18BrNOS. The smallest absolute Gasteiger partial charge is 0.236 e. The van der Waals surface area contributed by atoms with E-state index in [0.29, 0.717) is 4.83 Å². The van der Waals surface area contributed by atoms with Gasteiger partial charge in [-0.3, -0.25) is 4.79 Å². The van der Waals surface area contributed by atoms with Gasteiger partial charge in [0.1, 0.15) is 0 Å². The van der Waals surface area contributed by atoms with Gasteiger partial charge in [-0.05, 0) is 24.5 Å². The van der Waals surface area contributed by atoms with Crippen molar-refractivity contribution in [2.75, 3.05) is 13.6 Å². The Hall–Kier alpha value is -0.480. The van der Waals surface area contributed by atoms with Gasteiger partial charge in [0, 0.05) is 23.3 Å². The van der Waals surface area contributed by atoms with Crippen molar-refractivity contribution in [3.8, 4) is 0 Å². The van der Waals surface area contributed by atoms with Crippen LogP contribution in [0.25, 0.3) is 0 Å². The zero-order valence-electron chi connectivity index (χ0n) is 10.7. The van der Waals surface area contributed by atoms with E-state index in [1.54, 1.807) is 11.8 Å². The van der Waals surface area contributed by atoms with Gasteiger partial charge < -0.3 is 4.90 Å². The summed E-state index contributed by atoms with van der Waals surface area (Å²) < 4.78 is 0. The van der Waals surface area contributed by atoms with E-state index < -0.39 is 0 Å². The van der Waals surface area contributed by atoms with Crippen LogP contribution < -0.4 is 0 Å². The number of alkyl halides is 1. The molecule has 1 aromatic rings. The molecule has 0 N–H and O–H groups in total. The molecular weight excluding hydrogens is 310 g/mol. The first kappa shape index (κ1) is 13.9. The maximum Gasteiger partial charge on any atom is 0.236 e. The maximum absolute atomic E-state index is 12.3. The average molecular weight is 328 g/mol. The molecule has 1 heterocycles. The highest BCUT2D eigenvalue weighted by atomic mass is 79.9. The Morgan fingerprint density at radius 2 is 2.28 bits per heavy atom. The predicted octanol–water partition coefficient (Wildman–Crippen LogP) is 3.34. The van der Waals surface area contributed by atoms with Gasteiger partial charge in [-0.2, -0.15) is 0 Å². The normalized spacial score (nSPS) is 19.4. The Balaban J connectivity index is 1.92. The number of amides is 1. The summed E-state index contributed by atoms with van der Waals surface area (Å²) in [6, 6.07) is 8.31. The fourth-order valence-corrected chi connectivity index (χ4v) is 3.56. The van der Waals surface area contributed by atoms with Crippen LogP contribution in [0.3, 0.4) is 0 Å². The van der Waals surface area contributed by atoms with Gasteiger partial charge in [-0.15, -0.1) is 11.8 Å². The molecule has 2 unspecified atom stereocenters. The monoisotopic (exact) mass is 327 g/mol. The highest BCUT2D eigenvalue weighted by Crippen LogP contribution is 2.37. The summed E-state index contributed by atoms with van der Waals surface area (Å²) in [5, 5.41) is 0.0676. The third-order valence-corrected chi connectivity index (χ3v) is 4.92. The number of carbonyl (C=O) groups excluding carboxylic acids is 1. The predicted molar refractivity (Wildman–Crippen MR) is 80.4 cm³/mol. The number of carbonyl (C=O) groups is 1. The first-order valence-electron chi connectivity index (χ1n) is 6.21. The van der Waals surface area contributed by atoms with E-state index >= 15 is 0 Å². The van der Waals surface area contributed by atoms with Crippen LogP contribution in [-0.2, 0) is 11.2 Å². The number of rotatable bonds is 4. The van der Waals surface area contributed by atoms with Crippen molar-refractivity contribution < 1.29 is 4.79 Å². The second-order valence-electron chi connectivity index (χ2n) is 4.75. The summed E-state index contributed by atoms with van der Waals surface area (Å²) in [6.45, 7) is 2.93. The average Bonchev–Trinajstić information content (AvgIpc) is 2.78. The van der Waals surface area contributed by atoms with Gasteiger partial charge in [0.25, 0.3) is 0 Å². The molecule has 1 aromatic carbocycles. The molecule has 0 aromatic heterocycles. The minimum Gasteiger partial charge on any atom is -0.345 e. The molecule has 1 amide bonds. The second-order valence-corrected chi connectivity index (χ2v) is 7.56. The van der Waals surface area contributed by atoms with Crippen LogP contribution in [-0.4, -0.2) is 34.5 Å². The van der Waals surface area contributed by atoms with E-state index in [1.165, 1.54) is 10.5 Å². The van der Waals surface area contributed by atoms with Crippen LogP contribution in [0, 0.1) is 0 Å². The SMILES string of the molecule is CC(Br)CCN(C)C(=O)C1Cc2ccccc2S1. The summed E-state index contributed by atoms with van der Waals surface area (Å²) in [7, 11) is 1.90. The number of hydrogen-bond donors (Lipinski definition) is 0. The van der Waals surface area contributed by atoms with E-state index in [2.05, 4.69) is 35.0 Å². The maximum atomic E-state index is 12.3. The van der Waals surface area contributed by atoms with Crippen LogP contribution in [0.15, 0.2) is 29.2 Å². The van der Waals surface area contributed by atoms with Crippen molar-refractivity contribution in [3.05, 3.63) is 29.8 Å². The standard InChI is InChI=1S/C14H18BrNOS/c1-10(15)7-8-16(2)14(17)13-9-11-5-3-4-6-12(11)18-13/h3-6,10,13H,7-9H2,1-2H3. The summed E-state index contributed by atoms with van der Waals surface area (Å²) in [5.41, 5.74) is 1.31. The van der Waals surface area contributed by atoms with Gasteiger partial charge in [-0.1, -0.05) is 41.1 Å². The summed E-state index contributed by atoms with van der Waals surface area (Å²) in [4.78, 5) is 15.9. The number of thioether (sulfide) groups is 1. The van der Waals surface area contributed by atoms with Crippen LogP contribution in [0.5, 0.6) is 0 Å². The third-order valence-electron chi connectivity index (χ3n) is 3.16. The molecule has 0 bridgehead atoms. The molecule has 1 aliphatic heterocycles. The molecule has 0 aliphatic carbocycles. The van der Waals surface area contributed by atoms with Gasteiger partial charge >= 0.3 is 0 Å². The lowest BCUT2D eigenvalue weighted by atomic mass is 10.1. The molecule has 1 aliphatic rings. The Morgan fingerprint density at radius 1 is 1.56 bits per heavy atom. The minimum atomic E-state index is 0.0676. The van der Waals surface area contributed by atoms with Crippen LogP contribution in [0.4, 0.5) is 0 Å². The first-order chi connectivity index (χ1) is 8.58. The van der Waals surface area contributed by atoms with Crippen molar-refractivity contribution in [2.24, 2.45) is 0 Å². The van der Waals surface area contributed by atoms with Crippen molar-refractivity contribution in [2.45, 2.75) is 34.7 Å². The van der Waals surface area contributed by atoms with Crippen molar-refractivity contribution in [1.29, 1.82) is 0 Å². The Labute approximate surface area is 121 Å². The van der Waals surface area contributed by atoms with E-state index in [4.69, 9.17) is 0 Å². The molecule has 18 heavy (non-hydrogen) atoms. The highest BCUT2D eigenvalue weighted by Gasteiger charge is 2.29. The zero-order valence-corrected chi connectivity index (χ0v) is 13.1. The number of nitrogens with zero attached hydrogens (tertiary/aromatic N) is 1. The fraction of sp³-hybridized carbons (Fsp3) is 0.500. The Bertz CT molecular complexity index is 411. The van der Waals surface area contributed by atoms with Gasteiger partial charge in [0.15, 0.2) is 0 Å². The van der Waals surface area contributed by atoms with Crippen molar-refractivity contribution >= 4 is 33.6 Å². The number of fused-ring (bicyclic) bond motifs is 1. The number of hydrogen-bond acceptors (Lipinski definition) is 2. The molecule has 0 saturated heterocycles. The lowest BCUT2D eigenvalue weighted by Gasteiger charge is -2.21. The van der Waals surface area contributed by atoms with Gasteiger partial charge in [-0.25, -0.2) is 0 Å². The van der Waals surface area contributed by atoms with E-state index in [0.717, 1.165) is 19.4 Å². The molecule has 98 valence electrons. The fourth-order valence-electron chi connectivity index (χ4n) is 2.05. The van der Waals surface area contributed by atoms with Crippen LogP contribution in [0.2, 0.25) is 0 Å². The van der Waals surface area contributed by atoms with Crippen LogP contribution >= 0.6 is 27.7 Å². The third kappa shape index (κ3) is 3.29. The molecule has 0 saturated carbocycles. The summed E-state index contributed by atoms with van der Waals surface area (Å²) >= 11 is 5.22. The largest absolute Gasteiger partial charge is 0.345 e. The molecule has 4 heteroatoms. The molecule has 2 nitrogen and oxygen atoms in total. The molecule has 0 radical (unpaired) electrons. The molecule has 2 atom stereocenters. The molecule has 0 spiro atoms. The number of benzene rings is 1. The Kier molecular flexibility index (Phi) is 4.73. The topological polar surface area (TPSA) is 20.3 Å². The van der Waals surface area contributed by atoms with E-state index in [-0.39, 0.29) is 11.2 Å².